The number of hydrogen-bond acceptors (Lipinski definition) is 4. The van der Waals surface area contributed by atoms with Crippen molar-refractivity contribution in [2.24, 2.45) is 4.40 Å². The van der Waals surface area contributed by atoms with Crippen LogP contribution in [0.25, 0.3) is 5.70 Å². The number of sulfonamides is 1. The number of hydrogen-bond donors (Lipinski definition) is 0. The van der Waals surface area contributed by atoms with Crippen LogP contribution in [0.5, 0.6) is 0 Å². The topological polar surface area (TPSA) is 49.7 Å². The fourth-order valence-electron chi connectivity index (χ4n) is 1.84. The van der Waals surface area contributed by atoms with Gasteiger partial charge >= 0.3 is 0 Å². The quantitative estimate of drug-likeness (QED) is 0.790. The van der Waals surface area contributed by atoms with Gasteiger partial charge in [0.2, 0.25) is 0 Å². The molecular weight excluding hydrogens is 275 g/mol. The molecule has 0 aliphatic carbocycles. The van der Waals surface area contributed by atoms with E-state index in [1.807, 2.05) is 10.3 Å². The van der Waals surface area contributed by atoms with Gasteiger partial charge in [0.25, 0.3) is 10.0 Å². The molecule has 0 atom stereocenters. The van der Waals surface area contributed by atoms with Crippen molar-refractivity contribution in [1.29, 1.82) is 0 Å². The lowest BCUT2D eigenvalue weighted by Gasteiger charge is -2.25. The third-order valence-corrected chi connectivity index (χ3v) is 4.86. The molecule has 0 aromatic heterocycles. The van der Waals surface area contributed by atoms with Crippen molar-refractivity contribution in [2.75, 3.05) is 12.3 Å². The number of benzene rings is 1. The SMILES string of the molecule is O=S1(=O)CCN2C(c3ccc(F)cc3)=CSC2=N1. The molecule has 0 saturated heterocycles. The van der Waals surface area contributed by atoms with Gasteiger partial charge in [-0.1, -0.05) is 11.8 Å². The maximum atomic E-state index is 12.9. The summed E-state index contributed by atoms with van der Waals surface area (Å²) in [6.07, 6.45) is 0. The molecule has 0 unspecified atom stereocenters. The Kier molecular flexibility index (Phi) is 2.67. The van der Waals surface area contributed by atoms with Gasteiger partial charge in [0.05, 0.1) is 11.4 Å². The van der Waals surface area contributed by atoms with Crippen LogP contribution in [-0.2, 0) is 10.0 Å². The summed E-state index contributed by atoms with van der Waals surface area (Å²) in [5.74, 6) is -0.282. The highest BCUT2D eigenvalue weighted by molar-refractivity contribution is 8.17. The van der Waals surface area contributed by atoms with Gasteiger partial charge in [0, 0.05) is 12.0 Å². The second-order valence-corrected chi connectivity index (χ2v) is 6.53. The second-order valence-electron chi connectivity index (χ2n) is 3.94. The van der Waals surface area contributed by atoms with Crippen LogP contribution in [0.2, 0.25) is 0 Å². The largest absolute Gasteiger partial charge is 0.318 e. The van der Waals surface area contributed by atoms with Crippen LogP contribution in [-0.4, -0.2) is 30.8 Å². The number of nitrogens with zero attached hydrogens (tertiary/aromatic N) is 2. The zero-order chi connectivity index (χ0) is 12.8. The van der Waals surface area contributed by atoms with Gasteiger partial charge in [-0.05, 0) is 29.8 Å². The minimum absolute atomic E-state index is 0.00952. The summed E-state index contributed by atoms with van der Waals surface area (Å²) in [4.78, 5) is 1.85. The molecule has 0 saturated carbocycles. The van der Waals surface area contributed by atoms with E-state index < -0.39 is 10.0 Å². The van der Waals surface area contributed by atoms with Crippen LogP contribution in [0.15, 0.2) is 34.1 Å². The van der Waals surface area contributed by atoms with E-state index in [4.69, 9.17) is 0 Å². The summed E-state index contributed by atoms with van der Waals surface area (Å²) in [5.41, 5.74) is 1.72. The van der Waals surface area contributed by atoms with E-state index in [0.717, 1.165) is 11.3 Å². The molecule has 0 amide bonds. The van der Waals surface area contributed by atoms with Gasteiger partial charge in [-0.25, -0.2) is 12.8 Å². The lowest BCUT2D eigenvalue weighted by molar-refractivity contribution is 0.567. The first kappa shape index (κ1) is 11.7. The second kappa shape index (κ2) is 4.10. The fourth-order valence-corrected chi connectivity index (χ4v) is 3.99. The van der Waals surface area contributed by atoms with Crippen molar-refractivity contribution >= 4 is 32.6 Å². The molecule has 1 aromatic carbocycles. The van der Waals surface area contributed by atoms with E-state index in [9.17, 15) is 12.8 Å². The first-order chi connectivity index (χ1) is 8.55. The molecule has 94 valence electrons. The Balaban J connectivity index is 1.96. The summed E-state index contributed by atoms with van der Waals surface area (Å²) in [5, 5.41) is 2.31. The maximum absolute atomic E-state index is 12.9. The molecule has 7 heteroatoms. The predicted molar refractivity (Wildman–Crippen MR) is 69.9 cm³/mol. The Morgan fingerprint density at radius 3 is 2.72 bits per heavy atom. The van der Waals surface area contributed by atoms with Crippen molar-refractivity contribution in [1.82, 2.24) is 4.90 Å². The molecule has 18 heavy (non-hydrogen) atoms. The molecule has 2 aliphatic heterocycles. The Bertz CT molecular complexity index is 650. The summed E-state index contributed by atoms with van der Waals surface area (Å²) < 4.78 is 39.3. The maximum Gasteiger partial charge on any atom is 0.257 e. The van der Waals surface area contributed by atoms with Crippen LogP contribution in [0.3, 0.4) is 0 Å². The Morgan fingerprint density at radius 2 is 2.00 bits per heavy atom. The third kappa shape index (κ3) is 2.04. The average molecular weight is 284 g/mol. The monoisotopic (exact) mass is 284 g/mol. The molecule has 2 aliphatic rings. The molecule has 0 spiro atoms. The number of amidine groups is 1. The van der Waals surface area contributed by atoms with Gasteiger partial charge in [0.15, 0.2) is 5.17 Å². The van der Waals surface area contributed by atoms with Gasteiger partial charge in [0.1, 0.15) is 5.82 Å². The third-order valence-electron chi connectivity index (χ3n) is 2.73. The Labute approximate surface area is 108 Å². The van der Waals surface area contributed by atoms with Gasteiger partial charge in [-0.2, -0.15) is 0 Å². The normalized spacial score (nSPS) is 21.3. The Morgan fingerprint density at radius 1 is 1.28 bits per heavy atom. The van der Waals surface area contributed by atoms with E-state index in [0.29, 0.717) is 11.7 Å². The smallest absolute Gasteiger partial charge is 0.257 e. The van der Waals surface area contributed by atoms with Crippen molar-refractivity contribution in [3.8, 4) is 0 Å². The van der Waals surface area contributed by atoms with Crippen molar-refractivity contribution in [3.63, 3.8) is 0 Å². The van der Waals surface area contributed by atoms with E-state index >= 15 is 0 Å². The summed E-state index contributed by atoms with van der Waals surface area (Å²) in [6.45, 7) is 0.386. The first-order valence-electron chi connectivity index (χ1n) is 5.28. The van der Waals surface area contributed by atoms with Gasteiger partial charge in [-0.3, -0.25) is 0 Å². The lowest BCUT2D eigenvalue weighted by Crippen LogP contribution is -2.34. The molecule has 0 radical (unpaired) electrons. The molecule has 2 heterocycles. The molecule has 1 aromatic rings. The van der Waals surface area contributed by atoms with Gasteiger partial charge in [-0.15, -0.1) is 4.40 Å². The lowest BCUT2D eigenvalue weighted by atomic mass is 10.1. The minimum Gasteiger partial charge on any atom is -0.318 e. The van der Waals surface area contributed by atoms with E-state index in [-0.39, 0.29) is 11.6 Å². The van der Waals surface area contributed by atoms with Crippen LogP contribution < -0.4 is 0 Å². The van der Waals surface area contributed by atoms with Crippen molar-refractivity contribution in [3.05, 3.63) is 41.1 Å². The standard InChI is InChI=1S/C11H9FN2O2S2/c12-9-3-1-8(2-4-9)10-7-17-11-13-18(15,16)6-5-14(10)11/h1-4,7H,5-6H2. The summed E-state index contributed by atoms with van der Waals surface area (Å²) in [6, 6.07) is 6.12. The highest BCUT2D eigenvalue weighted by atomic mass is 32.2. The number of halogens is 1. The zero-order valence-electron chi connectivity index (χ0n) is 9.21. The van der Waals surface area contributed by atoms with Crippen LogP contribution in [0.4, 0.5) is 4.39 Å². The van der Waals surface area contributed by atoms with Crippen LogP contribution in [0, 0.1) is 5.82 Å². The molecule has 0 fully saturated rings. The number of thioether (sulfide) groups is 1. The first-order valence-corrected chi connectivity index (χ1v) is 7.77. The Hall–Kier alpha value is -1.34. The molecule has 4 nitrogen and oxygen atoms in total. The molecule has 0 bridgehead atoms. The van der Waals surface area contributed by atoms with Crippen molar-refractivity contribution in [2.45, 2.75) is 0 Å². The van der Waals surface area contributed by atoms with Crippen LogP contribution in [0.1, 0.15) is 5.56 Å². The average Bonchev–Trinajstić information content (AvgIpc) is 2.71. The zero-order valence-corrected chi connectivity index (χ0v) is 10.8. The molecule has 3 rings (SSSR count). The van der Waals surface area contributed by atoms with Gasteiger partial charge < -0.3 is 4.90 Å². The van der Waals surface area contributed by atoms with E-state index in [1.165, 1.54) is 23.9 Å². The minimum atomic E-state index is -3.32. The fraction of sp³-hybridized carbons (Fsp3) is 0.182. The summed E-state index contributed by atoms with van der Waals surface area (Å²) >= 11 is 1.28. The predicted octanol–water partition coefficient (Wildman–Crippen LogP) is 1.87. The van der Waals surface area contributed by atoms with E-state index in [1.54, 1.807) is 12.1 Å². The number of fused-ring (bicyclic) bond motifs is 1. The highest BCUT2D eigenvalue weighted by Crippen LogP contribution is 2.35. The van der Waals surface area contributed by atoms with Crippen molar-refractivity contribution < 1.29 is 12.8 Å². The highest BCUT2D eigenvalue weighted by Gasteiger charge is 2.31. The van der Waals surface area contributed by atoms with Crippen LogP contribution >= 0.6 is 11.8 Å². The molecule has 0 N–H and O–H groups in total. The number of rotatable bonds is 1. The summed E-state index contributed by atoms with van der Waals surface area (Å²) in [7, 11) is -3.32. The van der Waals surface area contributed by atoms with E-state index in [2.05, 4.69) is 4.40 Å². The molecular formula is C11H9FN2O2S2.